The van der Waals surface area contributed by atoms with Crippen LogP contribution in [-0.2, 0) is 0 Å². The van der Waals surface area contributed by atoms with E-state index in [4.69, 9.17) is 7.57 Å². The third-order valence-corrected chi connectivity index (χ3v) is 0. The second-order valence-electron chi connectivity index (χ2n) is 0.259. The van der Waals surface area contributed by atoms with Crippen molar-refractivity contribution >= 4 is 54.7 Å². The Hall–Kier alpha value is 1.95. The summed E-state index contributed by atoms with van der Waals surface area (Å²) in [4.78, 5) is 0. The molecule has 0 heterocycles. The van der Waals surface area contributed by atoms with Crippen molar-refractivity contribution in [3.63, 3.8) is 0 Å². The standard InChI is InChI=1S/BI2P/c1-4(2)3. The molecule has 0 aliphatic rings. The van der Waals surface area contributed by atoms with Crippen LogP contribution in [0.1, 0.15) is 0 Å². The topological polar surface area (TPSA) is 0 Å². The number of halogens is 2. The monoisotopic (exact) mass is 296 g/mol. The summed E-state index contributed by atoms with van der Waals surface area (Å²) in [5.74, 6) is 0. The molecular weight excluding hydrogens is 296 g/mol. The maximum Gasteiger partial charge on any atom is 0.137 e. The molecule has 0 aliphatic carbocycles. The minimum Gasteiger partial charge on any atom is -0.0540 e. The van der Waals surface area contributed by atoms with Crippen molar-refractivity contribution in [1.29, 1.82) is 0 Å². The number of hydrogen-bond donors (Lipinski definition) is 0. The van der Waals surface area contributed by atoms with Crippen LogP contribution in [0.5, 0.6) is 0 Å². The summed E-state index contributed by atoms with van der Waals surface area (Å²) in [6.45, 7) is 0. The Bertz CT molecular complexity index is 10.8. The molecule has 4 heavy (non-hydrogen) atoms. The summed E-state index contributed by atoms with van der Waals surface area (Å²) < 4.78 is -0.180. The summed E-state index contributed by atoms with van der Waals surface area (Å²) in [6.07, 6.45) is 0. The lowest BCUT2D eigenvalue weighted by atomic mass is 10.8. The average molecular weight is 296 g/mol. The van der Waals surface area contributed by atoms with Crippen molar-refractivity contribution < 1.29 is 0 Å². The fourth-order valence-electron chi connectivity index (χ4n) is 0. The van der Waals surface area contributed by atoms with Crippen molar-refractivity contribution in [2.45, 2.75) is 0 Å². The van der Waals surface area contributed by atoms with Gasteiger partial charge in [0.2, 0.25) is 0 Å². The predicted octanol–water partition coefficient (Wildman–Crippen LogP) is 2.25. The van der Waals surface area contributed by atoms with E-state index < -0.39 is 0 Å². The first-order chi connectivity index (χ1) is 1.73. The van der Waals surface area contributed by atoms with Gasteiger partial charge >= 0.3 is 0 Å². The van der Waals surface area contributed by atoms with E-state index >= 15 is 0 Å². The second kappa shape index (κ2) is 3.16. The quantitative estimate of drug-likeness (QED) is 0.365. The summed E-state index contributed by atoms with van der Waals surface area (Å²) >= 11 is 4.35. The highest BCUT2D eigenvalue weighted by Gasteiger charge is 1.73. The Morgan fingerprint density at radius 3 is 1.50 bits per heavy atom. The van der Waals surface area contributed by atoms with Crippen LogP contribution in [0.3, 0.4) is 0 Å². The molecule has 0 spiro atoms. The Kier molecular flexibility index (Phi) is 4.70. The molecule has 0 aromatic heterocycles. The van der Waals surface area contributed by atoms with E-state index in [-0.39, 0.29) is 3.09 Å². The van der Waals surface area contributed by atoms with Gasteiger partial charge in [0.25, 0.3) is 0 Å². The molecule has 0 rings (SSSR count). The largest absolute Gasteiger partial charge is 0.137 e. The zero-order chi connectivity index (χ0) is 3.58. The van der Waals surface area contributed by atoms with Crippen LogP contribution >= 0.6 is 47.2 Å². The molecule has 22 valence electrons. The highest BCUT2D eigenvalue weighted by Crippen LogP contribution is 2.47. The zero-order valence-corrected chi connectivity index (χ0v) is 6.99. The lowest BCUT2D eigenvalue weighted by molar-refractivity contribution is 5.12. The zero-order valence-electron chi connectivity index (χ0n) is 1.78. The van der Waals surface area contributed by atoms with Crippen LogP contribution in [0, 0.1) is 0 Å². The first-order valence-electron chi connectivity index (χ1n) is 0.596. The fraction of sp³-hybridized carbons (Fsp3) is 0. The van der Waals surface area contributed by atoms with E-state index in [1.54, 1.807) is 0 Å². The molecule has 0 unspecified atom stereocenters. The van der Waals surface area contributed by atoms with E-state index in [0.29, 0.717) is 0 Å². The van der Waals surface area contributed by atoms with Gasteiger partial charge in [0.15, 0.2) is 0 Å². The van der Waals surface area contributed by atoms with Gasteiger partial charge < -0.3 is 0 Å². The maximum absolute atomic E-state index is 5.15. The van der Waals surface area contributed by atoms with Crippen molar-refractivity contribution in [2.75, 3.05) is 0 Å². The first-order valence-corrected chi connectivity index (χ1v) is 7.58. The van der Waals surface area contributed by atoms with Crippen molar-refractivity contribution in [3.05, 3.63) is 0 Å². The SMILES string of the molecule is [B]P(I)I. The summed E-state index contributed by atoms with van der Waals surface area (Å²) in [5.41, 5.74) is 0. The van der Waals surface area contributed by atoms with Crippen LogP contribution in [-0.4, -0.2) is 7.57 Å². The van der Waals surface area contributed by atoms with Gasteiger partial charge in [0, 0.05) is 0 Å². The molecule has 0 fully saturated rings. The third-order valence-electron chi connectivity index (χ3n) is 0. The van der Waals surface area contributed by atoms with Gasteiger partial charge in [-0.25, -0.2) is 0 Å². The van der Waals surface area contributed by atoms with Gasteiger partial charge in [0.1, 0.15) is 7.57 Å². The van der Waals surface area contributed by atoms with E-state index in [1.165, 1.54) is 0 Å². The molecule has 0 atom stereocenters. The Balaban J connectivity index is 2.32. The Morgan fingerprint density at radius 1 is 1.50 bits per heavy atom. The van der Waals surface area contributed by atoms with Crippen LogP contribution < -0.4 is 0 Å². The van der Waals surface area contributed by atoms with Gasteiger partial charge in [-0.05, 0) is 3.09 Å². The normalized spacial score (nSPS) is 8.75. The average Bonchev–Trinajstić information content (AvgIpc) is 0.811. The predicted molar refractivity (Wildman–Crippen MR) is 40.7 cm³/mol. The van der Waals surface area contributed by atoms with Crippen LogP contribution in [0.4, 0.5) is 0 Å². The molecule has 0 saturated carbocycles. The number of hydrogen-bond acceptors (Lipinski definition) is 0. The van der Waals surface area contributed by atoms with E-state index in [9.17, 15) is 0 Å². The van der Waals surface area contributed by atoms with Crippen LogP contribution in [0.25, 0.3) is 0 Å². The number of rotatable bonds is 0. The first kappa shape index (κ1) is 5.95. The second-order valence-corrected chi connectivity index (χ2v) is 12.6. The molecule has 0 N–H and O–H groups in total. The molecule has 0 aliphatic heterocycles. The van der Waals surface area contributed by atoms with Crippen LogP contribution in [0.2, 0.25) is 0 Å². The summed E-state index contributed by atoms with van der Waals surface area (Å²) in [6, 6.07) is 0. The molecular formula is BI2P. The Labute approximate surface area is 54.2 Å². The van der Waals surface area contributed by atoms with E-state index in [0.717, 1.165) is 0 Å². The van der Waals surface area contributed by atoms with Gasteiger partial charge in [-0.1, -0.05) is 44.1 Å². The molecule has 0 bridgehead atoms. The summed E-state index contributed by atoms with van der Waals surface area (Å²) in [5, 5.41) is 0. The van der Waals surface area contributed by atoms with Gasteiger partial charge in [-0.15, -0.1) is 0 Å². The highest BCUT2D eigenvalue weighted by molar-refractivity contribution is 14.3. The maximum atomic E-state index is 5.15. The smallest absolute Gasteiger partial charge is 0.0540 e. The lowest BCUT2D eigenvalue weighted by Crippen LogP contribution is -1.24. The molecule has 0 amide bonds. The Morgan fingerprint density at radius 2 is 1.50 bits per heavy atom. The summed E-state index contributed by atoms with van der Waals surface area (Å²) in [7, 11) is 5.15. The van der Waals surface area contributed by atoms with Crippen LogP contribution in [0.15, 0.2) is 0 Å². The van der Waals surface area contributed by atoms with Crippen molar-refractivity contribution in [3.8, 4) is 0 Å². The van der Waals surface area contributed by atoms with Crippen molar-refractivity contribution in [1.82, 2.24) is 0 Å². The highest BCUT2D eigenvalue weighted by atomic mass is 127. The van der Waals surface area contributed by atoms with Crippen molar-refractivity contribution in [2.24, 2.45) is 0 Å². The van der Waals surface area contributed by atoms with Gasteiger partial charge in [-0.2, -0.15) is 0 Å². The third kappa shape index (κ3) is 9.04. The van der Waals surface area contributed by atoms with E-state index in [2.05, 4.69) is 44.1 Å². The van der Waals surface area contributed by atoms with E-state index in [1.807, 2.05) is 0 Å². The molecule has 0 aromatic carbocycles. The molecule has 0 nitrogen and oxygen atoms in total. The fourth-order valence-corrected chi connectivity index (χ4v) is 0. The minimum atomic E-state index is -0.180. The van der Waals surface area contributed by atoms with Gasteiger partial charge in [-0.3, -0.25) is 0 Å². The lowest BCUT2D eigenvalue weighted by Gasteiger charge is -1.74. The molecule has 4 heteroatoms. The minimum absolute atomic E-state index is 0.180. The molecule has 0 saturated heterocycles. The molecule has 2 radical (unpaired) electrons. The van der Waals surface area contributed by atoms with Gasteiger partial charge in [0.05, 0.1) is 0 Å². The molecule has 0 aromatic rings.